The van der Waals surface area contributed by atoms with Gasteiger partial charge in [-0.15, -0.1) is 0 Å². The van der Waals surface area contributed by atoms with Crippen molar-refractivity contribution >= 4 is 5.97 Å². The van der Waals surface area contributed by atoms with E-state index in [0.29, 0.717) is 5.56 Å². The van der Waals surface area contributed by atoms with Crippen molar-refractivity contribution in [2.75, 3.05) is 6.54 Å². The van der Waals surface area contributed by atoms with Crippen molar-refractivity contribution in [2.45, 2.75) is 12.0 Å². The third-order valence-corrected chi connectivity index (χ3v) is 2.29. The van der Waals surface area contributed by atoms with Gasteiger partial charge in [-0.25, -0.2) is 0 Å². The third-order valence-electron chi connectivity index (χ3n) is 2.29. The number of nitrogens with zero attached hydrogens (tertiary/aromatic N) is 1. The van der Waals surface area contributed by atoms with Gasteiger partial charge in [0.25, 0.3) is 0 Å². The second-order valence-electron chi connectivity index (χ2n) is 3.40. The lowest BCUT2D eigenvalue weighted by Gasteiger charge is -2.17. The molecular formula is C10H12N2O4. The van der Waals surface area contributed by atoms with E-state index >= 15 is 0 Å². The van der Waals surface area contributed by atoms with E-state index in [1.165, 1.54) is 0 Å². The molecule has 0 radical (unpaired) electrons. The van der Waals surface area contributed by atoms with Gasteiger partial charge in [0.2, 0.25) is 6.54 Å². The highest BCUT2D eigenvalue weighted by atomic mass is 16.6. The van der Waals surface area contributed by atoms with E-state index in [2.05, 4.69) is 0 Å². The Morgan fingerprint density at radius 2 is 2.00 bits per heavy atom. The zero-order chi connectivity index (χ0) is 12.1. The maximum Gasteiger partial charge on any atom is 0.321 e. The molecule has 0 unspecified atom stereocenters. The average Bonchev–Trinajstić information content (AvgIpc) is 2.26. The Hall–Kier alpha value is -1.95. The number of nitro groups is 1. The van der Waals surface area contributed by atoms with Gasteiger partial charge >= 0.3 is 5.97 Å². The van der Waals surface area contributed by atoms with Crippen molar-refractivity contribution in [2.24, 2.45) is 5.73 Å². The van der Waals surface area contributed by atoms with Crippen LogP contribution in [0.4, 0.5) is 0 Å². The van der Waals surface area contributed by atoms with Crippen molar-refractivity contribution in [1.29, 1.82) is 0 Å². The molecule has 1 aromatic carbocycles. The number of carboxylic acids is 1. The Balaban J connectivity index is 2.96. The van der Waals surface area contributed by atoms with Crippen LogP contribution in [-0.2, 0) is 4.79 Å². The second kappa shape index (κ2) is 5.22. The Morgan fingerprint density at radius 3 is 2.44 bits per heavy atom. The number of carboxylic acid groups (broad SMARTS) is 1. The van der Waals surface area contributed by atoms with E-state index < -0.39 is 29.4 Å². The number of hydrogen-bond acceptors (Lipinski definition) is 4. The SMILES string of the molecule is N[C@H](C(=O)O)[C@@H](C[N+](=O)[O-])c1ccccc1. The van der Waals surface area contributed by atoms with Crippen molar-refractivity contribution in [3.05, 3.63) is 46.0 Å². The number of benzene rings is 1. The van der Waals surface area contributed by atoms with E-state index in [9.17, 15) is 14.9 Å². The predicted octanol–water partition coefficient (Wildman–Crippen LogP) is 0.459. The minimum Gasteiger partial charge on any atom is -0.480 e. The van der Waals surface area contributed by atoms with Gasteiger partial charge in [-0.3, -0.25) is 14.9 Å². The zero-order valence-electron chi connectivity index (χ0n) is 8.45. The Labute approximate surface area is 91.8 Å². The first-order valence-electron chi connectivity index (χ1n) is 4.67. The van der Waals surface area contributed by atoms with Crippen LogP contribution in [0.3, 0.4) is 0 Å². The molecule has 0 bridgehead atoms. The number of nitrogens with two attached hydrogens (primary N) is 1. The maximum atomic E-state index is 10.7. The van der Waals surface area contributed by atoms with Gasteiger partial charge in [0.15, 0.2) is 0 Å². The normalized spacial score (nSPS) is 14.1. The summed E-state index contributed by atoms with van der Waals surface area (Å²) in [5.74, 6) is -2.05. The van der Waals surface area contributed by atoms with Crippen LogP contribution >= 0.6 is 0 Å². The molecule has 1 rings (SSSR count). The molecule has 86 valence electrons. The first kappa shape index (κ1) is 12.1. The van der Waals surface area contributed by atoms with Crippen molar-refractivity contribution in [1.82, 2.24) is 0 Å². The summed E-state index contributed by atoms with van der Waals surface area (Å²) in [6.07, 6.45) is 0. The molecule has 0 fully saturated rings. The summed E-state index contributed by atoms with van der Waals surface area (Å²) in [5.41, 5.74) is 6.00. The molecule has 0 aliphatic rings. The summed E-state index contributed by atoms with van der Waals surface area (Å²) in [5, 5.41) is 19.2. The smallest absolute Gasteiger partial charge is 0.321 e. The minimum absolute atomic E-state index is 0.489. The molecule has 0 aromatic heterocycles. The highest BCUT2D eigenvalue weighted by Gasteiger charge is 2.29. The van der Waals surface area contributed by atoms with Crippen molar-refractivity contribution in [3.8, 4) is 0 Å². The highest BCUT2D eigenvalue weighted by molar-refractivity contribution is 5.74. The lowest BCUT2D eigenvalue weighted by atomic mass is 9.92. The number of aliphatic carboxylic acids is 1. The standard InChI is InChI=1S/C10H12N2O4/c11-9(10(13)14)8(6-12(15)16)7-4-2-1-3-5-7/h1-5,8-9H,6,11H2,(H,13,14)/t8-,9-/m0/s1. The highest BCUT2D eigenvalue weighted by Crippen LogP contribution is 2.18. The fourth-order valence-electron chi connectivity index (χ4n) is 1.46. The largest absolute Gasteiger partial charge is 0.480 e. The van der Waals surface area contributed by atoms with Crippen LogP contribution in [0.15, 0.2) is 30.3 Å². The molecule has 0 heterocycles. The Bertz CT molecular complexity index is 380. The lowest BCUT2D eigenvalue weighted by Crippen LogP contribution is -2.39. The van der Waals surface area contributed by atoms with Crippen LogP contribution in [0.5, 0.6) is 0 Å². The lowest BCUT2D eigenvalue weighted by molar-refractivity contribution is -0.483. The van der Waals surface area contributed by atoms with Crippen molar-refractivity contribution < 1.29 is 14.8 Å². The van der Waals surface area contributed by atoms with Gasteiger partial charge in [-0.05, 0) is 5.56 Å². The van der Waals surface area contributed by atoms with E-state index in [-0.39, 0.29) is 0 Å². The summed E-state index contributed by atoms with van der Waals surface area (Å²) in [7, 11) is 0. The summed E-state index contributed by atoms with van der Waals surface area (Å²) >= 11 is 0. The molecular weight excluding hydrogens is 212 g/mol. The van der Waals surface area contributed by atoms with Crippen LogP contribution in [0.25, 0.3) is 0 Å². The predicted molar refractivity (Wildman–Crippen MR) is 56.7 cm³/mol. The van der Waals surface area contributed by atoms with Gasteiger partial charge < -0.3 is 10.8 Å². The van der Waals surface area contributed by atoms with Crippen molar-refractivity contribution in [3.63, 3.8) is 0 Å². The average molecular weight is 224 g/mol. The molecule has 6 heteroatoms. The molecule has 3 N–H and O–H groups in total. The van der Waals surface area contributed by atoms with Gasteiger partial charge in [0.1, 0.15) is 6.04 Å². The van der Waals surface area contributed by atoms with Gasteiger partial charge in [0, 0.05) is 4.92 Å². The molecule has 0 spiro atoms. The van der Waals surface area contributed by atoms with E-state index in [1.54, 1.807) is 30.3 Å². The number of carbonyl (C=O) groups is 1. The molecule has 6 nitrogen and oxygen atoms in total. The molecule has 0 saturated carbocycles. The molecule has 2 atom stereocenters. The quantitative estimate of drug-likeness (QED) is 0.558. The molecule has 0 amide bonds. The maximum absolute atomic E-state index is 10.7. The Kier molecular flexibility index (Phi) is 3.96. The monoisotopic (exact) mass is 224 g/mol. The molecule has 0 aliphatic heterocycles. The van der Waals surface area contributed by atoms with Crippen LogP contribution in [-0.4, -0.2) is 28.6 Å². The summed E-state index contributed by atoms with van der Waals surface area (Å²) < 4.78 is 0. The van der Waals surface area contributed by atoms with Gasteiger partial charge in [-0.1, -0.05) is 30.3 Å². The summed E-state index contributed by atoms with van der Waals surface area (Å²) in [6.45, 7) is -0.489. The zero-order valence-corrected chi connectivity index (χ0v) is 8.45. The molecule has 0 aliphatic carbocycles. The first-order chi connectivity index (χ1) is 7.52. The number of rotatable bonds is 5. The fraction of sp³-hybridized carbons (Fsp3) is 0.300. The van der Waals surface area contributed by atoms with Crippen LogP contribution in [0.2, 0.25) is 0 Å². The summed E-state index contributed by atoms with van der Waals surface area (Å²) in [4.78, 5) is 20.7. The topological polar surface area (TPSA) is 106 Å². The van der Waals surface area contributed by atoms with E-state index in [0.717, 1.165) is 0 Å². The second-order valence-corrected chi connectivity index (χ2v) is 3.40. The van der Waals surface area contributed by atoms with Gasteiger partial charge in [-0.2, -0.15) is 0 Å². The molecule has 1 aromatic rings. The third kappa shape index (κ3) is 3.03. The van der Waals surface area contributed by atoms with Gasteiger partial charge in [0.05, 0.1) is 5.92 Å². The first-order valence-corrected chi connectivity index (χ1v) is 4.67. The fourth-order valence-corrected chi connectivity index (χ4v) is 1.46. The van der Waals surface area contributed by atoms with E-state index in [4.69, 9.17) is 10.8 Å². The minimum atomic E-state index is -1.27. The van der Waals surface area contributed by atoms with E-state index in [1.807, 2.05) is 0 Å². The molecule has 0 saturated heterocycles. The summed E-state index contributed by atoms with van der Waals surface area (Å²) in [6, 6.07) is 7.13. The van der Waals surface area contributed by atoms with Crippen LogP contribution in [0.1, 0.15) is 11.5 Å². The van der Waals surface area contributed by atoms with Crippen LogP contribution in [0, 0.1) is 10.1 Å². The molecule has 16 heavy (non-hydrogen) atoms. The Morgan fingerprint density at radius 1 is 1.44 bits per heavy atom. The van der Waals surface area contributed by atoms with Crippen LogP contribution < -0.4 is 5.73 Å². The number of hydrogen-bond donors (Lipinski definition) is 2.